The highest BCUT2D eigenvalue weighted by atomic mass is 19.4. The number of nitrogens with zero attached hydrogens (tertiary/aromatic N) is 1. The average molecular weight is 517 g/mol. The molecule has 3 aromatic carbocycles. The lowest BCUT2D eigenvalue weighted by molar-refractivity contribution is -0.174. The number of hydrogen-bond acceptors (Lipinski definition) is 6. The summed E-state index contributed by atoms with van der Waals surface area (Å²) in [5.74, 6) is -0.0508. The lowest BCUT2D eigenvalue weighted by atomic mass is 9.85. The standard InChI is InChI=1S/C27H27F3N2O5/c1-34-18-11-9-17(10-12-18)32-21-15-24(37-4)23(36-3)14-16(21)13-20(31-26(33)27(28,29)30)25(32)19-7-5-6-8-22(19)35-2/h5-12,14-15,20,25H,13H2,1-4H3,(H,31,33)/t20-,25+/m0/s1. The van der Waals surface area contributed by atoms with Crippen molar-refractivity contribution in [1.82, 2.24) is 5.32 Å². The number of ether oxygens (including phenoxy) is 4. The van der Waals surface area contributed by atoms with Gasteiger partial charge in [-0.05, 0) is 48.4 Å². The predicted molar refractivity (Wildman–Crippen MR) is 132 cm³/mol. The lowest BCUT2D eigenvalue weighted by Gasteiger charge is -2.44. The van der Waals surface area contributed by atoms with E-state index < -0.39 is 24.2 Å². The van der Waals surface area contributed by atoms with E-state index in [0.717, 1.165) is 0 Å². The molecule has 1 N–H and O–H groups in total. The van der Waals surface area contributed by atoms with Gasteiger partial charge < -0.3 is 29.2 Å². The summed E-state index contributed by atoms with van der Waals surface area (Å²) in [4.78, 5) is 14.1. The Morgan fingerprint density at radius 2 is 1.49 bits per heavy atom. The van der Waals surface area contributed by atoms with Crippen molar-refractivity contribution in [2.45, 2.75) is 24.7 Å². The van der Waals surface area contributed by atoms with E-state index in [1.54, 1.807) is 67.8 Å². The van der Waals surface area contributed by atoms with Gasteiger partial charge in [0.25, 0.3) is 0 Å². The summed E-state index contributed by atoms with van der Waals surface area (Å²) in [5.41, 5.74) is 2.63. The van der Waals surface area contributed by atoms with E-state index >= 15 is 0 Å². The van der Waals surface area contributed by atoms with Crippen LogP contribution >= 0.6 is 0 Å². The first-order valence-electron chi connectivity index (χ1n) is 11.4. The second-order valence-corrected chi connectivity index (χ2v) is 8.37. The molecule has 1 heterocycles. The number of amides is 1. The minimum atomic E-state index is -5.05. The fourth-order valence-electron chi connectivity index (χ4n) is 4.67. The van der Waals surface area contributed by atoms with Crippen LogP contribution in [-0.2, 0) is 11.2 Å². The van der Waals surface area contributed by atoms with Gasteiger partial charge in [0, 0.05) is 23.0 Å². The minimum absolute atomic E-state index is 0.104. The number of nitrogens with one attached hydrogen (secondary N) is 1. The number of para-hydroxylation sites is 1. The van der Waals surface area contributed by atoms with Gasteiger partial charge in [-0.1, -0.05) is 18.2 Å². The molecule has 10 heteroatoms. The van der Waals surface area contributed by atoms with E-state index in [1.807, 2.05) is 4.90 Å². The Hall–Kier alpha value is -4.08. The number of carbonyl (C=O) groups excluding carboxylic acids is 1. The number of methoxy groups -OCH3 is 4. The van der Waals surface area contributed by atoms with E-state index in [9.17, 15) is 18.0 Å². The largest absolute Gasteiger partial charge is 0.497 e. The van der Waals surface area contributed by atoms with Gasteiger partial charge >= 0.3 is 12.1 Å². The van der Waals surface area contributed by atoms with Gasteiger partial charge in [0.2, 0.25) is 0 Å². The van der Waals surface area contributed by atoms with Crippen LogP contribution in [0.5, 0.6) is 23.0 Å². The van der Waals surface area contributed by atoms with Gasteiger partial charge in [-0.3, -0.25) is 4.79 Å². The number of rotatable bonds is 7. The maximum Gasteiger partial charge on any atom is 0.471 e. The van der Waals surface area contributed by atoms with Crippen LogP contribution in [0.2, 0.25) is 0 Å². The second kappa shape index (κ2) is 10.5. The summed E-state index contributed by atoms with van der Waals surface area (Å²) in [6.45, 7) is 0. The Kier molecular flexibility index (Phi) is 7.37. The first kappa shape index (κ1) is 26.0. The van der Waals surface area contributed by atoms with Crippen LogP contribution in [0, 0.1) is 0 Å². The summed E-state index contributed by atoms with van der Waals surface area (Å²) in [5, 5.41) is 2.23. The molecule has 0 radical (unpaired) electrons. The van der Waals surface area contributed by atoms with Crippen LogP contribution in [0.15, 0.2) is 60.7 Å². The molecule has 0 saturated carbocycles. The fourth-order valence-corrected chi connectivity index (χ4v) is 4.67. The highest BCUT2D eigenvalue weighted by Crippen LogP contribution is 2.49. The number of anilines is 2. The van der Waals surface area contributed by atoms with Crippen LogP contribution in [-0.4, -0.2) is 46.6 Å². The molecule has 3 aromatic rings. The van der Waals surface area contributed by atoms with Crippen LogP contribution in [0.25, 0.3) is 0 Å². The molecule has 0 aromatic heterocycles. The average Bonchev–Trinajstić information content (AvgIpc) is 2.91. The van der Waals surface area contributed by atoms with Crippen LogP contribution in [0.4, 0.5) is 24.5 Å². The molecule has 0 saturated heterocycles. The molecule has 1 amide bonds. The third kappa shape index (κ3) is 5.09. The van der Waals surface area contributed by atoms with Gasteiger partial charge in [-0.2, -0.15) is 13.2 Å². The first-order chi connectivity index (χ1) is 17.7. The van der Waals surface area contributed by atoms with E-state index in [1.165, 1.54) is 21.3 Å². The molecule has 0 bridgehead atoms. The van der Waals surface area contributed by atoms with Crippen LogP contribution in [0.3, 0.4) is 0 Å². The van der Waals surface area contributed by atoms with Crippen molar-refractivity contribution < 1.29 is 36.9 Å². The van der Waals surface area contributed by atoms with Gasteiger partial charge in [0.1, 0.15) is 11.5 Å². The predicted octanol–water partition coefficient (Wildman–Crippen LogP) is 5.20. The third-order valence-electron chi connectivity index (χ3n) is 6.33. The van der Waals surface area contributed by atoms with Gasteiger partial charge in [-0.15, -0.1) is 0 Å². The Labute approximate surface area is 212 Å². The maximum absolute atomic E-state index is 13.4. The molecule has 4 rings (SSSR count). The van der Waals surface area contributed by atoms with Crippen LogP contribution < -0.4 is 29.2 Å². The summed E-state index contributed by atoms with van der Waals surface area (Å²) in [6.07, 6.45) is -4.94. The number of halogens is 3. The second-order valence-electron chi connectivity index (χ2n) is 8.37. The molecule has 1 aliphatic rings. The van der Waals surface area contributed by atoms with Crippen LogP contribution in [0.1, 0.15) is 17.2 Å². The monoisotopic (exact) mass is 516 g/mol. The molecule has 37 heavy (non-hydrogen) atoms. The summed E-state index contributed by atoms with van der Waals surface area (Å²) < 4.78 is 62.0. The number of fused-ring (bicyclic) bond motifs is 1. The zero-order valence-electron chi connectivity index (χ0n) is 20.8. The third-order valence-corrected chi connectivity index (χ3v) is 6.33. The summed E-state index contributed by atoms with van der Waals surface area (Å²) in [6, 6.07) is 15.9. The molecule has 7 nitrogen and oxygen atoms in total. The SMILES string of the molecule is COc1ccc(N2c3cc(OC)c(OC)cc3C[C@H](NC(=O)C(F)(F)F)[C@H]2c2ccccc2OC)cc1. The molecule has 0 fully saturated rings. The molecule has 0 aliphatic carbocycles. The van der Waals surface area contributed by atoms with E-state index in [-0.39, 0.29) is 6.42 Å². The Bertz CT molecular complexity index is 1260. The first-order valence-corrected chi connectivity index (χ1v) is 11.4. The number of hydrogen-bond donors (Lipinski definition) is 1. The van der Waals surface area contributed by atoms with Crippen molar-refractivity contribution >= 4 is 17.3 Å². The van der Waals surface area contributed by atoms with E-state index in [2.05, 4.69) is 5.32 Å². The normalized spacial score (nSPS) is 17.0. The van der Waals surface area contributed by atoms with Gasteiger partial charge in [-0.25, -0.2) is 0 Å². The molecule has 196 valence electrons. The van der Waals surface area contributed by atoms with E-state index in [0.29, 0.717) is 45.5 Å². The quantitative estimate of drug-likeness (QED) is 0.466. The van der Waals surface area contributed by atoms with Crippen molar-refractivity contribution in [3.05, 3.63) is 71.8 Å². The van der Waals surface area contributed by atoms with Crippen molar-refractivity contribution in [1.29, 1.82) is 0 Å². The topological polar surface area (TPSA) is 69.3 Å². The van der Waals surface area contributed by atoms with Gasteiger partial charge in [0.15, 0.2) is 11.5 Å². The zero-order chi connectivity index (χ0) is 26.7. The maximum atomic E-state index is 13.4. The molecule has 0 unspecified atom stereocenters. The lowest BCUT2D eigenvalue weighted by Crippen LogP contribution is -2.52. The molecular weight excluding hydrogens is 489 g/mol. The Morgan fingerprint density at radius 3 is 2.08 bits per heavy atom. The highest BCUT2D eigenvalue weighted by molar-refractivity contribution is 5.83. The Balaban J connectivity index is 1.98. The summed E-state index contributed by atoms with van der Waals surface area (Å²) >= 11 is 0. The smallest absolute Gasteiger partial charge is 0.471 e. The van der Waals surface area contributed by atoms with Crippen molar-refractivity contribution in [3.63, 3.8) is 0 Å². The van der Waals surface area contributed by atoms with Crippen molar-refractivity contribution in [2.24, 2.45) is 0 Å². The minimum Gasteiger partial charge on any atom is -0.497 e. The molecule has 0 spiro atoms. The Morgan fingerprint density at radius 1 is 0.865 bits per heavy atom. The summed E-state index contributed by atoms with van der Waals surface area (Å²) in [7, 11) is 6.02. The number of carbonyl (C=O) groups is 1. The van der Waals surface area contributed by atoms with Crippen molar-refractivity contribution in [3.8, 4) is 23.0 Å². The number of alkyl halides is 3. The molecule has 1 aliphatic heterocycles. The molecule has 2 atom stereocenters. The van der Waals surface area contributed by atoms with Gasteiger partial charge in [0.05, 0.1) is 40.5 Å². The fraction of sp³-hybridized carbons (Fsp3) is 0.296. The number of benzene rings is 3. The zero-order valence-corrected chi connectivity index (χ0v) is 20.8. The molecular formula is C27H27F3N2O5. The highest BCUT2D eigenvalue weighted by Gasteiger charge is 2.45. The van der Waals surface area contributed by atoms with E-state index in [4.69, 9.17) is 18.9 Å². The van der Waals surface area contributed by atoms with Crippen molar-refractivity contribution in [2.75, 3.05) is 33.3 Å².